The highest BCUT2D eigenvalue weighted by Gasteiger charge is 2.30. The van der Waals surface area contributed by atoms with Gasteiger partial charge in [0.15, 0.2) is 5.82 Å². The Hall–Kier alpha value is -2.28. The SMILES string of the molecule is COCc1nc(C2CCCCCN2C(=O)Cc2cccc(F)c2)no1. The van der Waals surface area contributed by atoms with E-state index in [1.165, 1.54) is 12.1 Å². The lowest BCUT2D eigenvalue weighted by Crippen LogP contribution is -2.36. The van der Waals surface area contributed by atoms with Crippen LogP contribution in [0, 0.1) is 5.82 Å². The van der Waals surface area contributed by atoms with Crippen LogP contribution in [0.2, 0.25) is 0 Å². The molecule has 1 aromatic heterocycles. The summed E-state index contributed by atoms with van der Waals surface area (Å²) in [6.07, 6.45) is 3.96. The fourth-order valence-electron chi connectivity index (χ4n) is 3.18. The standard InChI is InChI=1S/C18H22FN3O3/c1-24-12-16-20-18(21-25-16)15-8-3-2-4-9-22(15)17(23)11-13-6-5-7-14(19)10-13/h5-7,10,15H,2-4,8-9,11-12H2,1H3. The van der Waals surface area contributed by atoms with Gasteiger partial charge in [0.25, 0.3) is 5.89 Å². The van der Waals surface area contributed by atoms with Crippen LogP contribution in [0.1, 0.15) is 49.0 Å². The quantitative estimate of drug-likeness (QED) is 0.831. The van der Waals surface area contributed by atoms with E-state index in [4.69, 9.17) is 9.26 Å². The van der Waals surface area contributed by atoms with Crippen molar-refractivity contribution in [2.45, 2.75) is 44.8 Å². The molecule has 0 spiro atoms. The highest BCUT2D eigenvalue weighted by Crippen LogP contribution is 2.29. The lowest BCUT2D eigenvalue weighted by atomic mass is 10.1. The Bertz CT molecular complexity index is 719. The van der Waals surface area contributed by atoms with Crippen molar-refractivity contribution >= 4 is 5.91 Å². The number of hydrogen-bond donors (Lipinski definition) is 0. The van der Waals surface area contributed by atoms with Crippen molar-refractivity contribution in [1.82, 2.24) is 15.0 Å². The Kier molecular flexibility index (Phi) is 5.75. The summed E-state index contributed by atoms with van der Waals surface area (Å²) in [6.45, 7) is 0.893. The lowest BCUT2D eigenvalue weighted by Gasteiger charge is -2.28. The summed E-state index contributed by atoms with van der Waals surface area (Å²) in [5.74, 6) is 0.538. The van der Waals surface area contributed by atoms with Crippen LogP contribution >= 0.6 is 0 Å². The van der Waals surface area contributed by atoms with Gasteiger partial charge >= 0.3 is 0 Å². The highest BCUT2D eigenvalue weighted by atomic mass is 19.1. The van der Waals surface area contributed by atoms with Crippen molar-refractivity contribution in [2.75, 3.05) is 13.7 Å². The molecule has 1 unspecified atom stereocenters. The maximum absolute atomic E-state index is 13.4. The normalized spacial score (nSPS) is 18.2. The Balaban J connectivity index is 1.78. The van der Waals surface area contributed by atoms with E-state index in [1.807, 2.05) is 0 Å². The maximum Gasteiger partial charge on any atom is 0.252 e. The summed E-state index contributed by atoms with van der Waals surface area (Å²) < 4.78 is 23.6. The van der Waals surface area contributed by atoms with Crippen LogP contribution in [0.5, 0.6) is 0 Å². The number of benzene rings is 1. The minimum atomic E-state index is -0.333. The molecule has 134 valence electrons. The van der Waals surface area contributed by atoms with Crippen molar-refractivity contribution < 1.29 is 18.4 Å². The predicted molar refractivity (Wildman–Crippen MR) is 88.0 cm³/mol. The van der Waals surface area contributed by atoms with Gasteiger partial charge in [-0.1, -0.05) is 30.1 Å². The third kappa shape index (κ3) is 4.42. The summed E-state index contributed by atoms with van der Waals surface area (Å²) in [5, 5.41) is 4.03. The van der Waals surface area contributed by atoms with E-state index >= 15 is 0 Å². The molecule has 1 saturated heterocycles. The molecule has 1 aromatic carbocycles. The second-order valence-electron chi connectivity index (χ2n) is 6.24. The number of likely N-dealkylation sites (tertiary alicyclic amines) is 1. The number of amides is 1. The van der Waals surface area contributed by atoms with E-state index in [1.54, 1.807) is 24.1 Å². The van der Waals surface area contributed by atoms with Crippen LogP contribution in [0.4, 0.5) is 4.39 Å². The van der Waals surface area contributed by atoms with E-state index in [2.05, 4.69) is 10.1 Å². The van der Waals surface area contributed by atoms with Crippen LogP contribution in [-0.2, 0) is 22.6 Å². The van der Waals surface area contributed by atoms with E-state index in [0.29, 0.717) is 23.8 Å². The van der Waals surface area contributed by atoms with Gasteiger partial charge in [-0.15, -0.1) is 0 Å². The van der Waals surface area contributed by atoms with E-state index in [9.17, 15) is 9.18 Å². The molecular weight excluding hydrogens is 325 g/mol. The van der Waals surface area contributed by atoms with Crippen LogP contribution in [0.15, 0.2) is 28.8 Å². The smallest absolute Gasteiger partial charge is 0.252 e. The molecule has 0 N–H and O–H groups in total. The minimum absolute atomic E-state index is 0.0457. The van der Waals surface area contributed by atoms with Gasteiger partial charge in [-0.25, -0.2) is 4.39 Å². The van der Waals surface area contributed by atoms with Crippen molar-refractivity contribution in [2.24, 2.45) is 0 Å². The molecule has 0 radical (unpaired) electrons. The molecule has 2 heterocycles. The van der Waals surface area contributed by atoms with Gasteiger partial charge in [0, 0.05) is 13.7 Å². The molecule has 3 rings (SSSR count). The summed E-state index contributed by atoms with van der Waals surface area (Å²) >= 11 is 0. The zero-order chi connectivity index (χ0) is 17.6. The molecule has 1 aliphatic rings. The molecule has 0 bridgehead atoms. The lowest BCUT2D eigenvalue weighted by molar-refractivity contribution is -0.133. The number of carbonyl (C=O) groups is 1. The maximum atomic E-state index is 13.4. The van der Waals surface area contributed by atoms with Gasteiger partial charge in [-0.2, -0.15) is 4.98 Å². The van der Waals surface area contributed by atoms with E-state index in [-0.39, 0.29) is 30.8 Å². The molecule has 1 amide bonds. The summed E-state index contributed by atoms with van der Waals surface area (Å²) in [6, 6.07) is 5.94. The minimum Gasteiger partial charge on any atom is -0.375 e. The van der Waals surface area contributed by atoms with E-state index < -0.39 is 0 Å². The molecule has 25 heavy (non-hydrogen) atoms. The average Bonchev–Trinajstić information content (AvgIpc) is 2.90. The van der Waals surface area contributed by atoms with Crippen molar-refractivity contribution in [3.63, 3.8) is 0 Å². The highest BCUT2D eigenvalue weighted by molar-refractivity contribution is 5.79. The summed E-state index contributed by atoms with van der Waals surface area (Å²) in [7, 11) is 1.56. The first-order valence-corrected chi connectivity index (χ1v) is 8.52. The number of nitrogens with zero attached hydrogens (tertiary/aromatic N) is 3. The third-order valence-electron chi connectivity index (χ3n) is 4.37. The number of hydrogen-bond acceptors (Lipinski definition) is 5. The Morgan fingerprint density at radius 3 is 3.08 bits per heavy atom. The molecule has 6 nitrogen and oxygen atoms in total. The molecule has 2 aromatic rings. The number of rotatable bonds is 5. The molecule has 7 heteroatoms. The van der Waals surface area contributed by atoms with Gasteiger partial charge in [-0.3, -0.25) is 4.79 Å². The van der Waals surface area contributed by atoms with Crippen molar-refractivity contribution in [3.05, 3.63) is 47.4 Å². The zero-order valence-electron chi connectivity index (χ0n) is 14.3. The third-order valence-corrected chi connectivity index (χ3v) is 4.37. The second kappa shape index (κ2) is 8.20. The first-order chi connectivity index (χ1) is 12.2. The van der Waals surface area contributed by atoms with Gasteiger partial charge in [-0.05, 0) is 30.5 Å². The number of methoxy groups -OCH3 is 1. The topological polar surface area (TPSA) is 68.5 Å². The Labute approximate surface area is 146 Å². The largest absolute Gasteiger partial charge is 0.375 e. The molecule has 0 saturated carbocycles. The van der Waals surface area contributed by atoms with Gasteiger partial charge in [0.1, 0.15) is 12.4 Å². The van der Waals surface area contributed by atoms with Crippen LogP contribution in [0.25, 0.3) is 0 Å². The zero-order valence-corrected chi connectivity index (χ0v) is 14.3. The molecule has 0 aliphatic carbocycles. The Morgan fingerprint density at radius 1 is 1.40 bits per heavy atom. The second-order valence-corrected chi connectivity index (χ2v) is 6.24. The van der Waals surface area contributed by atoms with Crippen molar-refractivity contribution in [1.29, 1.82) is 0 Å². The molecule has 1 fully saturated rings. The molecule has 1 atom stereocenters. The number of aromatic nitrogens is 2. The average molecular weight is 347 g/mol. The van der Waals surface area contributed by atoms with Gasteiger partial charge in [0.2, 0.25) is 5.91 Å². The number of ether oxygens (including phenoxy) is 1. The van der Waals surface area contributed by atoms with E-state index in [0.717, 1.165) is 25.7 Å². The Morgan fingerprint density at radius 2 is 2.28 bits per heavy atom. The van der Waals surface area contributed by atoms with Crippen LogP contribution in [-0.4, -0.2) is 34.6 Å². The number of carbonyl (C=O) groups excluding carboxylic acids is 1. The molecule has 1 aliphatic heterocycles. The van der Waals surface area contributed by atoms with Gasteiger partial charge < -0.3 is 14.2 Å². The monoisotopic (exact) mass is 347 g/mol. The fourth-order valence-corrected chi connectivity index (χ4v) is 3.18. The summed E-state index contributed by atoms with van der Waals surface area (Å²) in [4.78, 5) is 19.0. The van der Waals surface area contributed by atoms with Crippen LogP contribution < -0.4 is 0 Å². The first-order valence-electron chi connectivity index (χ1n) is 8.52. The predicted octanol–water partition coefficient (Wildman–Crippen LogP) is 3.04. The first kappa shape index (κ1) is 17.5. The molecular formula is C18H22FN3O3. The van der Waals surface area contributed by atoms with Crippen LogP contribution in [0.3, 0.4) is 0 Å². The number of halogens is 1. The van der Waals surface area contributed by atoms with Crippen molar-refractivity contribution in [3.8, 4) is 0 Å². The fraction of sp³-hybridized carbons (Fsp3) is 0.500. The van der Waals surface area contributed by atoms with Gasteiger partial charge in [0.05, 0.1) is 12.5 Å². The summed E-state index contributed by atoms with van der Waals surface area (Å²) in [5.41, 5.74) is 0.668.